The van der Waals surface area contributed by atoms with E-state index in [0.717, 1.165) is 5.56 Å². The Bertz CT molecular complexity index is 1220. The molecule has 2 N–H and O–H groups in total. The zero-order valence-corrected chi connectivity index (χ0v) is 23.2. The molecule has 1 aliphatic carbocycles. The van der Waals surface area contributed by atoms with Gasteiger partial charge in [-0.25, -0.2) is 0 Å². The van der Waals surface area contributed by atoms with Crippen molar-refractivity contribution in [1.82, 2.24) is 4.90 Å². The third-order valence-corrected chi connectivity index (χ3v) is 8.77. The summed E-state index contributed by atoms with van der Waals surface area (Å²) in [5, 5.41) is 21.6. The highest BCUT2D eigenvalue weighted by Gasteiger charge is 2.63. The molecule has 39 heavy (non-hydrogen) atoms. The molecule has 4 rings (SSSR count). The van der Waals surface area contributed by atoms with Crippen LogP contribution in [0.5, 0.6) is 0 Å². The van der Waals surface area contributed by atoms with Crippen LogP contribution in [-0.2, 0) is 9.59 Å². The number of amides is 1. The molecule has 2 aromatic carbocycles. The molecule has 4 unspecified atom stereocenters. The second-order valence-electron chi connectivity index (χ2n) is 11.2. The topological polar surface area (TPSA) is 77.8 Å². The number of alkyl halides is 3. The second kappa shape index (κ2) is 10.9. The molecule has 0 bridgehead atoms. The summed E-state index contributed by atoms with van der Waals surface area (Å²) in [6.45, 7) is 3.23. The Morgan fingerprint density at radius 1 is 1.10 bits per heavy atom. The minimum absolute atomic E-state index is 0.131. The molecule has 0 aromatic heterocycles. The van der Waals surface area contributed by atoms with Crippen molar-refractivity contribution in [2.75, 3.05) is 0 Å². The molecule has 1 heterocycles. The zero-order chi connectivity index (χ0) is 28.8. The summed E-state index contributed by atoms with van der Waals surface area (Å²) in [4.78, 5) is 27.6. The van der Waals surface area contributed by atoms with E-state index >= 15 is 0 Å². The Morgan fingerprint density at radius 3 is 2.26 bits per heavy atom. The van der Waals surface area contributed by atoms with E-state index in [4.69, 9.17) is 23.2 Å². The Balaban J connectivity index is 1.90. The summed E-state index contributed by atoms with van der Waals surface area (Å²) >= 11 is 12.5. The molecule has 212 valence electrons. The number of hydrogen-bond donors (Lipinski definition) is 2. The van der Waals surface area contributed by atoms with Crippen molar-refractivity contribution < 1.29 is 33.0 Å². The van der Waals surface area contributed by atoms with Crippen LogP contribution in [0.3, 0.4) is 0 Å². The van der Waals surface area contributed by atoms with Crippen molar-refractivity contribution in [2.45, 2.75) is 82.2 Å². The molecule has 0 radical (unpaired) electrons. The normalized spacial score (nSPS) is 26.3. The number of carbonyl (C=O) groups is 2. The number of aliphatic hydroxyl groups is 1. The number of carbonyl (C=O) groups excluding carboxylic acids is 1. The average molecular weight is 586 g/mol. The first-order valence-corrected chi connectivity index (χ1v) is 13.8. The van der Waals surface area contributed by atoms with Crippen molar-refractivity contribution in [3.63, 3.8) is 0 Å². The molecule has 2 fully saturated rings. The van der Waals surface area contributed by atoms with Crippen molar-refractivity contribution >= 4 is 35.1 Å². The lowest BCUT2D eigenvalue weighted by atomic mass is 9.66. The van der Waals surface area contributed by atoms with Gasteiger partial charge in [0.25, 0.3) is 0 Å². The lowest BCUT2D eigenvalue weighted by Crippen LogP contribution is -2.59. The van der Waals surface area contributed by atoms with E-state index in [2.05, 4.69) is 0 Å². The molecule has 1 amide bonds. The van der Waals surface area contributed by atoms with E-state index in [-0.39, 0.29) is 25.7 Å². The lowest BCUT2D eigenvalue weighted by molar-refractivity contribution is -0.275. The third kappa shape index (κ3) is 5.93. The third-order valence-electron chi connectivity index (χ3n) is 8.29. The van der Waals surface area contributed by atoms with Gasteiger partial charge in [0.1, 0.15) is 0 Å². The highest BCUT2D eigenvalue weighted by atomic mass is 35.5. The second-order valence-corrected chi connectivity index (χ2v) is 12.0. The number of carboxylic acid groups (broad SMARTS) is 1. The van der Waals surface area contributed by atoms with Crippen molar-refractivity contribution in [2.24, 2.45) is 11.3 Å². The van der Waals surface area contributed by atoms with Crippen LogP contribution in [-0.4, -0.2) is 44.8 Å². The Labute approximate surface area is 235 Å². The monoisotopic (exact) mass is 585 g/mol. The van der Waals surface area contributed by atoms with Gasteiger partial charge in [-0.1, -0.05) is 61.3 Å². The van der Waals surface area contributed by atoms with E-state index in [0.29, 0.717) is 15.6 Å². The maximum atomic E-state index is 14.3. The van der Waals surface area contributed by atoms with Gasteiger partial charge in [-0.2, -0.15) is 13.2 Å². The minimum atomic E-state index is -4.88. The van der Waals surface area contributed by atoms with Gasteiger partial charge in [0.05, 0.1) is 17.9 Å². The van der Waals surface area contributed by atoms with Crippen molar-refractivity contribution in [1.29, 1.82) is 0 Å². The fourth-order valence-electron chi connectivity index (χ4n) is 6.15. The van der Waals surface area contributed by atoms with Gasteiger partial charge in [-0.05, 0) is 67.0 Å². The molecule has 10 heteroatoms. The Hall–Kier alpha value is -2.29. The fourth-order valence-corrected chi connectivity index (χ4v) is 6.48. The summed E-state index contributed by atoms with van der Waals surface area (Å²) < 4.78 is 42.8. The highest BCUT2D eigenvalue weighted by molar-refractivity contribution is 6.30. The van der Waals surface area contributed by atoms with Gasteiger partial charge in [0.2, 0.25) is 5.91 Å². The van der Waals surface area contributed by atoms with Crippen LogP contribution in [0, 0.1) is 11.3 Å². The van der Waals surface area contributed by atoms with Crippen molar-refractivity contribution in [3.8, 4) is 0 Å². The Kier molecular flexibility index (Phi) is 8.33. The summed E-state index contributed by atoms with van der Waals surface area (Å²) in [5.41, 5.74) is -2.97. The van der Waals surface area contributed by atoms with Gasteiger partial charge in [-0.3, -0.25) is 9.59 Å². The van der Waals surface area contributed by atoms with Crippen LogP contribution in [0.15, 0.2) is 48.5 Å². The number of likely N-dealkylation sites (tertiary alicyclic amines) is 1. The standard InChI is InChI=1S/C29H32Cl2F3NO4/c1-3-22(14-28(39,19-9-10-19)29(32,33)34)35-25(17-7-11-20(30)12-8-17)23(18-5-4-6-21(31)13-18)15-27(2,26(35)38)16-24(36)37/h4-8,11-13,19,22-23,25,39H,3,9-10,14-16H2,1-2H3,(H,36,37)/t22?,23?,25?,27-,28?/m1/s1. The summed E-state index contributed by atoms with van der Waals surface area (Å²) in [5.74, 6) is -3.15. The molecule has 5 atom stereocenters. The molecule has 1 saturated heterocycles. The lowest BCUT2D eigenvalue weighted by Gasteiger charge is -2.53. The number of halogens is 5. The van der Waals surface area contributed by atoms with Crippen LogP contribution in [0.1, 0.15) is 75.5 Å². The fraction of sp³-hybridized carbons (Fsp3) is 0.517. The van der Waals surface area contributed by atoms with E-state index in [1.54, 1.807) is 56.3 Å². The number of benzene rings is 2. The summed E-state index contributed by atoms with van der Waals surface area (Å²) in [7, 11) is 0. The van der Waals surface area contributed by atoms with Gasteiger partial charge < -0.3 is 15.1 Å². The predicted molar refractivity (Wildman–Crippen MR) is 143 cm³/mol. The summed E-state index contributed by atoms with van der Waals surface area (Å²) in [6, 6.07) is 12.0. The van der Waals surface area contributed by atoms with E-state index in [1.807, 2.05) is 6.07 Å². The number of aliphatic carboxylic acids is 1. The minimum Gasteiger partial charge on any atom is -0.481 e. The number of carboxylic acids is 1. The maximum Gasteiger partial charge on any atom is 0.417 e. The molecular formula is C29H32Cl2F3NO4. The van der Waals surface area contributed by atoms with E-state index in [1.165, 1.54) is 4.90 Å². The van der Waals surface area contributed by atoms with Crippen molar-refractivity contribution in [3.05, 3.63) is 69.7 Å². The van der Waals surface area contributed by atoms with Gasteiger partial charge in [0.15, 0.2) is 5.60 Å². The number of rotatable bonds is 9. The molecule has 1 aliphatic heterocycles. The quantitative estimate of drug-likeness (QED) is 0.321. The average Bonchev–Trinajstić information content (AvgIpc) is 3.70. The number of nitrogens with zero attached hydrogens (tertiary/aromatic N) is 1. The van der Waals surface area contributed by atoms with E-state index in [9.17, 15) is 33.0 Å². The molecule has 1 saturated carbocycles. The maximum absolute atomic E-state index is 14.3. The highest BCUT2D eigenvalue weighted by Crippen LogP contribution is 2.55. The van der Waals surface area contributed by atoms with Gasteiger partial charge >= 0.3 is 12.1 Å². The molecule has 2 aromatic rings. The molecule has 5 nitrogen and oxygen atoms in total. The molecule has 2 aliphatic rings. The van der Waals surface area contributed by atoms with Crippen LogP contribution in [0.2, 0.25) is 10.0 Å². The first-order valence-electron chi connectivity index (χ1n) is 13.0. The van der Waals surface area contributed by atoms with Gasteiger partial charge in [0, 0.05) is 28.4 Å². The van der Waals surface area contributed by atoms with Crippen LogP contribution >= 0.6 is 23.2 Å². The molecular weight excluding hydrogens is 554 g/mol. The predicted octanol–water partition coefficient (Wildman–Crippen LogP) is 7.40. The first-order chi connectivity index (χ1) is 18.2. The first kappa shape index (κ1) is 29.7. The van der Waals surface area contributed by atoms with Gasteiger partial charge in [-0.15, -0.1) is 0 Å². The smallest absolute Gasteiger partial charge is 0.417 e. The summed E-state index contributed by atoms with van der Waals surface area (Å²) in [6.07, 6.45) is -5.29. The zero-order valence-electron chi connectivity index (χ0n) is 21.7. The van der Waals surface area contributed by atoms with Crippen LogP contribution in [0.4, 0.5) is 13.2 Å². The molecule has 0 spiro atoms. The Morgan fingerprint density at radius 2 is 1.74 bits per heavy atom. The number of piperidine rings is 1. The largest absolute Gasteiger partial charge is 0.481 e. The van der Waals surface area contributed by atoms with E-state index < -0.39 is 65.8 Å². The number of hydrogen-bond acceptors (Lipinski definition) is 3. The SMILES string of the molecule is CCC(CC(O)(C1CC1)C(F)(F)F)N1C(=O)[C@@](C)(CC(=O)O)CC(c2cccc(Cl)c2)C1c1ccc(Cl)cc1. The van der Waals surface area contributed by atoms with Crippen LogP contribution in [0.25, 0.3) is 0 Å². The van der Waals surface area contributed by atoms with Crippen LogP contribution < -0.4 is 0 Å².